The molecule has 0 bridgehead atoms. The highest BCUT2D eigenvalue weighted by Crippen LogP contribution is 2.64. The number of halogens is 3. The lowest BCUT2D eigenvalue weighted by Gasteiger charge is -2.31. The molecule has 6 aromatic rings. The zero-order valence-electron chi connectivity index (χ0n) is 62.9. The van der Waals surface area contributed by atoms with Crippen molar-refractivity contribution in [2.75, 3.05) is 0 Å². The monoisotopic (exact) mass is 1560 g/mol. The van der Waals surface area contributed by atoms with E-state index in [1.165, 1.54) is 435 Å². The highest BCUT2D eigenvalue weighted by atomic mass is 79.9. The van der Waals surface area contributed by atoms with Crippen molar-refractivity contribution in [3.05, 3.63) is 66.0 Å². The fourth-order valence-electron chi connectivity index (χ4n) is 17.3. The Bertz CT molecular complexity index is 3000. The minimum Gasteiger partial charge on any atom is -0.206 e. The van der Waals surface area contributed by atoms with Crippen LogP contribution in [-0.2, 0) is 10.8 Å². The van der Waals surface area contributed by atoms with E-state index in [4.69, 9.17) is 8.75 Å². The van der Waals surface area contributed by atoms with Gasteiger partial charge in [-0.15, -0.1) is 45.3 Å². The summed E-state index contributed by atoms with van der Waals surface area (Å²) in [4.78, 5) is 7.85. The Labute approximate surface area is 637 Å². The lowest BCUT2D eigenvalue weighted by Crippen LogP contribution is -2.25. The summed E-state index contributed by atoms with van der Waals surface area (Å²) in [5.41, 5.74) is 9.21. The van der Waals surface area contributed by atoms with Crippen molar-refractivity contribution >= 4 is 100.0 Å². The van der Waals surface area contributed by atoms with Crippen molar-refractivity contribution in [1.29, 1.82) is 0 Å². The Hall–Kier alpha value is -1.27. The van der Waals surface area contributed by atoms with E-state index in [-0.39, 0.29) is 16.6 Å². The highest BCUT2D eigenvalue weighted by molar-refractivity contribution is 9.11. The van der Waals surface area contributed by atoms with Crippen LogP contribution in [0, 0.1) is 5.82 Å². The molecule has 2 nitrogen and oxygen atoms in total. The molecule has 0 aliphatic heterocycles. The van der Waals surface area contributed by atoms with Crippen LogP contribution in [0.15, 0.2) is 37.9 Å². The van der Waals surface area contributed by atoms with Gasteiger partial charge in [-0.3, -0.25) is 0 Å². The zero-order chi connectivity index (χ0) is 68.7. The average molecular weight is 1560 g/mol. The second-order valence-electron chi connectivity index (χ2n) is 31.1. The predicted octanol–water partition coefficient (Wildman–Crippen LogP) is 35.0. The molecule has 0 amide bonds. The quantitative estimate of drug-likeness (QED) is 0.0356. The maximum atomic E-state index is 18.0. The minimum absolute atomic E-state index is 0.0207. The van der Waals surface area contributed by atoms with Crippen LogP contribution in [0.5, 0.6) is 0 Å². The summed E-state index contributed by atoms with van der Waals surface area (Å²) < 4.78 is 30.6. The molecule has 0 saturated carbocycles. The third-order valence-corrected chi connectivity index (χ3v) is 29.6. The number of benzene rings is 1. The summed E-state index contributed by atoms with van der Waals surface area (Å²) >= 11 is 16.9. The van der Waals surface area contributed by atoms with Gasteiger partial charge in [-0.2, -0.15) is 8.75 Å². The zero-order valence-corrected chi connectivity index (χ0v) is 70.1. The van der Waals surface area contributed by atoms with E-state index in [0.717, 1.165) is 26.4 Å². The van der Waals surface area contributed by atoms with E-state index in [2.05, 4.69) is 83.8 Å². The number of hydrogen-bond acceptors (Lipinski definition) is 7. The number of unbranched alkanes of at least 4 members (excludes halogenated alkanes) is 52. The first-order valence-electron chi connectivity index (χ1n) is 42.1. The van der Waals surface area contributed by atoms with Crippen molar-refractivity contribution in [3.63, 3.8) is 0 Å². The van der Waals surface area contributed by atoms with Crippen molar-refractivity contribution in [1.82, 2.24) is 8.75 Å². The molecule has 5 heterocycles. The van der Waals surface area contributed by atoms with Crippen LogP contribution in [0.2, 0.25) is 0 Å². The van der Waals surface area contributed by atoms with Crippen molar-refractivity contribution < 1.29 is 4.39 Å². The Morgan fingerprint density at radius 3 is 0.816 bits per heavy atom. The molecular formula is C88H137Br2FN2S5. The summed E-state index contributed by atoms with van der Waals surface area (Å²) in [7, 11) is 0. The van der Waals surface area contributed by atoms with Gasteiger partial charge < -0.3 is 0 Å². The second kappa shape index (κ2) is 48.0. The fourth-order valence-corrected chi connectivity index (χ4v) is 24.2. The average Bonchev–Trinajstić information content (AvgIpc) is 1.55. The molecule has 10 heteroatoms. The molecule has 5 aromatic heterocycles. The molecule has 98 heavy (non-hydrogen) atoms. The highest BCUT2D eigenvalue weighted by Gasteiger charge is 2.47. The van der Waals surface area contributed by atoms with Gasteiger partial charge in [-0.25, -0.2) is 4.39 Å². The SMILES string of the molecule is CCCCCCCCCCCCCCCCC1(CCCCCCCCCCCCCCCC)c2cc(Br)sc2-c2sc(-c3cc(F)c(-c4cc5c(s4)-c4sc(Br)cc4C5(CCCCCCCCCCCCCCCC)CCCCCCCCCCCCCCCC)c4nsnc34)cc21. The molecule has 550 valence electrons. The van der Waals surface area contributed by atoms with Gasteiger partial charge in [-0.05, 0) is 110 Å². The maximum absolute atomic E-state index is 18.0. The number of fused-ring (bicyclic) bond motifs is 7. The molecule has 0 fully saturated rings. The van der Waals surface area contributed by atoms with Gasteiger partial charge in [0.25, 0.3) is 0 Å². The summed E-state index contributed by atoms with van der Waals surface area (Å²) in [5, 5.41) is 0. The van der Waals surface area contributed by atoms with E-state index in [1.807, 2.05) is 51.4 Å². The first kappa shape index (κ1) is 82.4. The van der Waals surface area contributed by atoms with Crippen LogP contribution in [0.25, 0.3) is 51.4 Å². The van der Waals surface area contributed by atoms with Crippen LogP contribution in [0.1, 0.15) is 435 Å². The van der Waals surface area contributed by atoms with Crippen molar-refractivity contribution in [2.45, 2.75) is 424 Å². The molecular weight excluding hydrogens is 1420 g/mol. The first-order chi connectivity index (χ1) is 48.3. The Morgan fingerprint density at radius 1 is 0.286 bits per heavy atom. The fraction of sp³-hybridized carbons (Fsp3) is 0.750. The largest absolute Gasteiger partial charge is 0.206 e. The maximum Gasteiger partial charge on any atom is 0.134 e. The minimum atomic E-state index is -0.151. The van der Waals surface area contributed by atoms with Gasteiger partial charge in [0.1, 0.15) is 16.9 Å². The summed E-state index contributed by atoms with van der Waals surface area (Å²) in [6.07, 6.45) is 81.9. The summed E-state index contributed by atoms with van der Waals surface area (Å²) in [6.45, 7) is 9.27. The molecule has 0 radical (unpaired) electrons. The van der Waals surface area contributed by atoms with Gasteiger partial charge in [0.2, 0.25) is 0 Å². The van der Waals surface area contributed by atoms with E-state index in [9.17, 15) is 0 Å². The Balaban J connectivity index is 0.970. The third-order valence-electron chi connectivity index (χ3n) is 23.2. The van der Waals surface area contributed by atoms with Crippen molar-refractivity contribution in [2.24, 2.45) is 0 Å². The predicted molar refractivity (Wildman–Crippen MR) is 447 cm³/mol. The van der Waals surface area contributed by atoms with Crippen LogP contribution >= 0.6 is 88.9 Å². The second-order valence-corrected chi connectivity index (χ2v) is 38.6. The van der Waals surface area contributed by atoms with Gasteiger partial charge in [0.15, 0.2) is 0 Å². The van der Waals surface area contributed by atoms with Gasteiger partial charge in [0.05, 0.1) is 24.9 Å². The normalized spacial score (nSPS) is 13.6. The molecule has 0 unspecified atom stereocenters. The van der Waals surface area contributed by atoms with Gasteiger partial charge >= 0.3 is 0 Å². The number of aromatic nitrogens is 2. The smallest absolute Gasteiger partial charge is 0.134 e. The Morgan fingerprint density at radius 2 is 0.520 bits per heavy atom. The number of hydrogen-bond donors (Lipinski definition) is 0. The van der Waals surface area contributed by atoms with Gasteiger partial charge in [-0.1, -0.05) is 387 Å². The molecule has 2 aliphatic carbocycles. The molecule has 0 atom stereocenters. The Kier molecular flexibility index (Phi) is 40.4. The standard InChI is InChI=1S/C88H137Br2FN2S5/c1-5-9-13-17-21-25-29-33-37-41-45-49-53-57-61-87(62-58-54-50-46-42-38-34-30-26-22-18-14-10-6-2)71-66-76(94-83(71)85-73(87)68-78(89)96-85)70-65-75(91)80(82-81(70)92-98-93-82)77-67-72-84(95-77)86-74(69-79(90)97-86)88(72,63-59-55-51-47-43-39-35-31-27-23-19-15-11-7-3)64-60-56-52-48-44-40-36-32-28-24-20-16-12-8-4/h65-69H,5-64H2,1-4H3. The molecule has 2 aliphatic rings. The molecule has 0 N–H and O–H groups in total. The number of nitrogens with zero attached hydrogens (tertiary/aromatic N) is 2. The third kappa shape index (κ3) is 25.5. The van der Waals surface area contributed by atoms with Gasteiger partial charge in [0, 0.05) is 45.7 Å². The topological polar surface area (TPSA) is 25.8 Å². The van der Waals surface area contributed by atoms with E-state index < -0.39 is 0 Å². The molecule has 1 aromatic carbocycles. The van der Waals surface area contributed by atoms with Crippen LogP contribution < -0.4 is 0 Å². The first-order valence-corrected chi connectivity index (χ1v) is 47.7. The van der Waals surface area contributed by atoms with E-state index in [0.29, 0.717) is 5.56 Å². The lowest BCUT2D eigenvalue weighted by molar-refractivity contribution is 0.397. The number of thiophene rings is 4. The van der Waals surface area contributed by atoms with Crippen LogP contribution in [0.3, 0.4) is 0 Å². The molecule has 0 spiro atoms. The summed E-state index contributed by atoms with van der Waals surface area (Å²) in [5.74, 6) is -0.151. The lowest BCUT2D eigenvalue weighted by atomic mass is 9.71. The van der Waals surface area contributed by atoms with E-state index >= 15 is 4.39 Å². The van der Waals surface area contributed by atoms with Crippen LogP contribution in [0.4, 0.5) is 4.39 Å². The van der Waals surface area contributed by atoms with E-state index in [1.54, 1.807) is 11.1 Å². The van der Waals surface area contributed by atoms with Crippen LogP contribution in [-0.4, -0.2) is 8.75 Å². The van der Waals surface area contributed by atoms with Crippen molar-refractivity contribution in [3.8, 4) is 40.4 Å². The summed E-state index contributed by atoms with van der Waals surface area (Å²) in [6, 6.07) is 11.9. The number of rotatable bonds is 62. The molecule has 0 saturated heterocycles. The molecule has 8 rings (SSSR count).